The third-order valence-electron chi connectivity index (χ3n) is 6.21. The fourth-order valence-electron chi connectivity index (χ4n) is 3.85. The Morgan fingerprint density at radius 2 is 1.70 bits per heavy atom. The van der Waals surface area contributed by atoms with Crippen LogP contribution in [0.3, 0.4) is 0 Å². The summed E-state index contributed by atoms with van der Waals surface area (Å²) in [7, 11) is 0. The molecule has 0 spiro atoms. The maximum Gasteiger partial charge on any atom is 0.333 e. The molecule has 0 amide bonds. The number of esters is 2. The molecule has 2 fully saturated rings. The van der Waals surface area contributed by atoms with Gasteiger partial charge in [0.1, 0.15) is 6.10 Å². The van der Waals surface area contributed by atoms with Gasteiger partial charge in [0.2, 0.25) is 0 Å². The number of carboxylic acid groups (broad SMARTS) is 1. The lowest BCUT2D eigenvalue weighted by atomic mass is 9.70. The molecule has 170 valence electrons. The van der Waals surface area contributed by atoms with Crippen LogP contribution in [0.5, 0.6) is 0 Å². The van der Waals surface area contributed by atoms with E-state index in [1.54, 1.807) is 6.92 Å². The molecule has 0 radical (unpaired) electrons. The van der Waals surface area contributed by atoms with Gasteiger partial charge in [-0.3, -0.25) is 0 Å². The summed E-state index contributed by atoms with van der Waals surface area (Å²) in [6, 6.07) is 0. The first-order valence-corrected chi connectivity index (χ1v) is 10.2. The minimum atomic E-state index is -0.981. The van der Waals surface area contributed by atoms with Crippen molar-refractivity contribution in [1.82, 2.24) is 0 Å². The first-order valence-electron chi connectivity index (χ1n) is 10.2. The highest BCUT2D eigenvalue weighted by Crippen LogP contribution is 2.66. The number of fused-ring (bicyclic) bond motifs is 2. The number of carbonyl (C=O) groups excluding carboxylic acids is 2. The van der Waals surface area contributed by atoms with Crippen molar-refractivity contribution < 1.29 is 29.0 Å². The Morgan fingerprint density at radius 3 is 2.00 bits per heavy atom. The van der Waals surface area contributed by atoms with Gasteiger partial charge in [0.25, 0.3) is 0 Å². The summed E-state index contributed by atoms with van der Waals surface area (Å²) in [5.74, 6) is -0.447. The summed E-state index contributed by atoms with van der Waals surface area (Å²) in [6.45, 7) is 22.9. The highest BCUT2D eigenvalue weighted by Gasteiger charge is 2.62. The fourth-order valence-corrected chi connectivity index (χ4v) is 3.85. The second-order valence-corrected chi connectivity index (χ2v) is 9.06. The Hall–Kier alpha value is -2.37. The lowest BCUT2D eigenvalue weighted by Crippen LogP contribution is -2.38. The van der Waals surface area contributed by atoms with E-state index in [4.69, 9.17) is 14.6 Å². The molecular weight excluding hydrogens is 384 g/mol. The van der Waals surface area contributed by atoms with Gasteiger partial charge < -0.3 is 14.6 Å². The van der Waals surface area contributed by atoms with Gasteiger partial charge >= 0.3 is 17.9 Å². The van der Waals surface area contributed by atoms with E-state index in [0.29, 0.717) is 29.4 Å². The first kappa shape index (κ1) is 27.6. The van der Waals surface area contributed by atoms with Crippen LogP contribution in [0, 0.1) is 22.7 Å². The standard InChI is InChI=1S/C14H22O2.C7H12O2.C3H4O2/c1-9(2)12(15)16-11-8-10-6-7-14(11,5)13(10,3)4;1-4-7(8)9-5-6(2)3;1-2-3(4)5/h10-11H,1,6-8H2,2-5H3;4,6H,1,5H2,2-3H3;2H,1H2,(H,4,5). The number of ether oxygens (including phenoxy) is 2. The molecule has 2 aliphatic rings. The summed E-state index contributed by atoms with van der Waals surface area (Å²) in [4.78, 5) is 31.2. The second kappa shape index (κ2) is 11.7. The third kappa shape index (κ3) is 7.47. The zero-order chi connectivity index (χ0) is 23.7. The average molecular weight is 423 g/mol. The van der Waals surface area contributed by atoms with E-state index in [9.17, 15) is 14.4 Å². The van der Waals surface area contributed by atoms with Gasteiger partial charge in [-0.25, -0.2) is 14.4 Å². The monoisotopic (exact) mass is 422 g/mol. The Morgan fingerprint density at radius 1 is 1.17 bits per heavy atom. The predicted molar refractivity (Wildman–Crippen MR) is 118 cm³/mol. The van der Waals surface area contributed by atoms with Crippen LogP contribution in [0.1, 0.15) is 60.8 Å². The Labute approximate surface area is 181 Å². The van der Waals surface area contributed by atoms with Gasteiger partial charge in [-0.15, -0.1) is 0 Å². The molecular formula is C24H38O6. The lowest BCUT2D eigenvalue weighted by Gasteiger charge is -2.38. The van der Waals surface area contributed by atoms with Crippen LogP contribution in [0.2, 0.25) is 0 Å². The van der Waals surface area contributed by atoms with E-state index in [-0.39, 0.29) is 23.5 Å². The van der Waals surface area contributed by atoms with Gasteiger partial charge in [0.15, 0.2) is 0 Å². The summed E-state index contributed by atoms with van der Waals surface area (Å²) >= 11 is 0. The Kier molecular flexibility index (Phi) is 10.8. The quantitative estimate of drug-likeness (QED) is 0.481. The molecule has 2 aliphatic carbocycles. The summed E-state index contributed by atoms with van der Waals surface area (Å²) in [5.41, 5.74) is 0.958. The van der Waals surface area contributed by atoms with Crippen LogP contribution in [-0.2, 0) is 23.9 Å². The third-order valence-corrected chi connectivity index (χ3v) is 6.21. The largest absolute Gasteiger partial charge is 0.478 e. The molecule has 2 bridgehead atoms. The maximum atomic E-state index is 11.6. The van der Waals surface area contributed by atoms with Crippen LogP contribution < -0.4 is 0 Å². The lowest BCUT2D eigenvalue weighted by molar-refractivity contribution is -0.152. The minimum Gasteiger partial charge on any atom is -0.478 e. The fraction of sp³-hybridized carbons (Fsp3) is 0.625. The van der Waals surface area contributed by atoms with Crippen molar-refractivity contribution in [2.24, 2.45) is 22.7 Å². The van der Waals surface area contributed by atoms with Crippen molar-refractivity contribution in [2.45, 2.75) is 66.9 Å². The molecule has 0 aromatic carbocycles. The highest BCUT2D eigenvalue weighted by atomic mass is 16.5. The van der Waals surface area contributed by atoms with E-state index in [1.165, 1.54) is 18.9 Å². The minimum absolute atomic E-state index is 0.0884. The van der Waals surface area contributed by atoms with Crippen molar-refractivity contribution in [3.63, 3.8) is 0 Å². The molecule has 6 nitrogen and oxygen atoms in total. The van der Waals surface area contributed by atoms with E-state index >= 15 is 0 Å². The zero-order valence-corrected chi connectivity index (χ0v) is 19.3. The number of carbonyl (C=O) groups is 3. The molecule has 1 N–H and O–H groups in total. The number of hydrogen-bond donors (Lipinski definition) is 1. The van der Waals surface area contributed by atoms with E-state index in [1.807, 2.05) is 13.8 Å². The van der Waals surface area contributed by atoms with Crippen LogP contribution in [-0.4, -0.2) is 35.7 Å². The van der Waals surface area contributed by atoms with Gasteiger partial charge in [-0.05, 0) is 43.4 Å². The summed E-state index contributed by atoms with van der Waals surface area (Å²) < 4.78 is 10.3. The average Bonchev–Trinajstić information content (AvgIpc) is 3.00. The van der Waals surface area contributed by atoms with Crippen LogP contribution in [0.25, 0.3) is 0 Å². The van der Waals surface area contributed by atoms with Crippen LogP contribution >= 0.6 is 0 Å². The van der Waals surface area contributed by atoms with Crippen molar-refractivity contribution in [3.8, 4) is 0 Å². The number of hydrogen-bond acceptors (Lipinski definition) is 5. The molecule has 0 aromatic heterocycles. The second-order valence-electron chi connectivity index (χ2n) is 9.06. The van der Waals surface area contributed by atoms with E-state index in [2.05, 4.69) is 40.5 Å². The van der Waals surface area contributed by atoms with Crippen molar-refractivity contribution in [3.05, 3.63) is 37.5 Å². The number of rotatable bonds is 6. The molecule has 0 heterocycles. The normalized spacial score (nSPS) is 25.0. The van der Waals surface area contributed by atoms with Crippen molar-refractivity contribution in [2.75, 3.05) is 6.61 Å². The Balaban J connectivity index is 0.000000509. The van der Waals surface area contributed by atoms with Crippen molar-refractivity contribution in [1.29, 1.82) is 0 Å². The highest BCUT2D eigenvalue weighted by molar-refractivity contribution is 5.87. The van der Waals surface area contributed by atoms with Crippen LogP contribution in [0.15, 0.2) is 37.5 Å². The molecule has 30 heavy (non-hydrogen) atoms. The molecule has 2 saturated carbocycles. The molecule has 3 atom stereocenters. The maximum absolute atomic E-state index is 11.6. The molecule has 6 heteroatoms. The molecule has 0 saturated heterocycles. The summed E-state index contributed by atoms with van der Waals surface area (Å²) in [6.07, 6.45) is 5.58. The summed E-state index contributed by atoms with van der Waals surface area (Å²) in [5, 5.41) is 7.60. The SMILES string of the molecule is C=C(C)C(=O)OC1CC2CCC1(C)C2(C)C.C=CC(=O)O.C=CC(=O)OCC(C)C. The molecule has 0 aliphatic heterocycles. The van der Waals surface area contributed by atoms with Crippen LogP contribution in [0.4, 0.5) is 0 Å². The molecule has 0 aromatic rings. The zero-order valence-electron chi connectivity index (χ0n) is 19.3. The molecule has 2 rings (SSSR count). The van der Waals surface area contributed by atoms with Gasteiger partial charge in [0.05, 0.1) is 6.61 Å². The number of carboxylic acids is 1. The number of aliphatic carboxylic acids is 1. The van der Waals surface area contributed by atoms with Gasteiger partial charge in [0, 0.05) is 23.1 Å². The Bertz CT molecular complexity index is 661. The first-order chi connectivity index (χ1) is 13.7. The van der Waals surface area contributed by atoms with Gasteiger partial charge in [-0.2, -0.15) is 0 Å². The predicted octanol–water partition coefficient (Wildman–Crippen LogP) is 4.95. The van der Waals surface area contributed by atoms with Gasteiger partial charge in [-0.1, -0.05) is 54.4 Å². The smallest absolute Gasteiger partial charge is 0.333 e. The van der Waals surface area contributed by atoms with E-state index in [0.717, 1.165) is 12.5 Å². The van der Waals surface area contributed by atoms with Crippen molar-refractivity contribution >= 4 is 17.9 Å². The van der Waals surface area contributed by atoms with E-state index < -0.39 is 5.97 Å². The molecule has 3 unspecified atom stereocenters. The topological polar surface area (TPSA) is 89.9 Å².